The molecule has 3 rings (SSSR count). The number of carbonyl (C=O) groups is 1. The highest BCUT2D eigenvalue weighted by atomic mass is 32.2. The fourth-order valence-corrected chi connectivity index (χ4v) is 4.01. The monoisotopic (exact) mass is 482 g/mol. The number of hydrogen-bond donors (Lipinski definition) is 2. The molecule has 2 aromatic carbocycles. The number of nitrogens with zero attached hydrogens (tertiary/aromatic N) is 1. The first-order valence-corrected chi connectivity index (χ1v) is 11.6. The number of sulfone groups is 1. The smallest absolute Gasteiger partial charge is 0.387 e. The number of halogens is 3. The minimum Gasteiger partial charge on any atom is -0.432 e. The Hall–Kier alpha value is -3.31. The third-order valence-electron chi connectivity index (χ3n) is 4.86. The molecular formula is C22H21F3N2O5S. The van der Waals surface area contributed by atoms with E-state index >= 15 is 0 Å². The molecule has 1 heterocycles. The van der Waals surface area contributed by atoms with E-state index in [9.17, 15) is 31.5 Å². The number of benzene rings is 2. The van der Waals surface area contributed by atoms with Gasteiger partial charge in [-0.2, -0.15) is 8.78 Å². The van der Waals surface area contributed by atoms with Gasteiger partial charge in [0.1, 0.15) is 5.82 Å². The maximum Gasteiger partial charge on any atom is 0.387 e. The van der Waals surface area contributed by atoms with Gasteiger partial charge in [0.15, 0.2) is 15.6 Å². The lowest BCUT2D eigenvalue weighted by Gasteiger charge is -2.16. The van der Waals surface area contributed by atoms with E-state index in [0.717, 1.165) is 18.4 Å². The lowest BCUT2D eigenvalue weighted by Crippen LogP contribution is -2.14. The Labute approximate surface area is 188 Å². The maximum absolute atomic E-state index is 13.7. The van der Waals surface area contributed by atoms with Crippen LogP contribution in [-0.4, -0.2) is 43.5 Å². The Bertz CT molecular complexity index is 1270. The Morgan fingerprint density at radius 1 is 1.15 bits per heavy atom. The van der Waals surface area contributed by atoms with Crippen LogP contribution in [0.5, 0.6) is 5.75 Å². The number of aliphatic hydroxyl groups is 1. The molecule has 1 amide bonds. The summed E-state index contributed by atoms with van der Waals surface area (Å²) in [5.41, 5.74) is 1.35. The van der Waals surface area contributed by atoms with Crippen molar-refractivity contribution in [2.45, 2.75) is 24.9 Å². The molecule has 1 aromatic heterocycles. The lowest BCUT2D eigenvalue weighted by atomic mass is 10.2. The van der Waals surface area contributed by atoms with Crippen molar-refractivity contribution in [3.63, 3.8) is 0 Å². The number of anilines is 1. The summed E-state index contributed by atoms with van der Waals surface area (Å²) in [7, 11) is -3.39. The highest BCUT2D eigenvalue weighted by Crippen LogP contribution is 2.31. The van der Waals surface area contributed by atoms with Gasteiger partial charge in [-0.05, 0) is 49.4 Å². The molecule has 0 fully saturated rings. The van der Waals surface area contributed by atoms with Gasteiger partial charge < -0.3 is 19.7 Å². The van der Waals surface area contributed by atoms with Crippen LogP contribution < -0.4 is 10.1 Å². The van der Waals surface area contributed by atoms with Gasteiger partial charge in [0, 0.05) is 42.4 Å². The second kappa shape index (κ2) is 9.67. The van der Waals surface area contributed by atoms with Gasteiger partial charge in [0.05, 0.1) is 16.1 Å². The number of amides is 1. The molecule has 0 saturated carbocycles. The first kappa shape index (κ1) is 24.3. The van der Waals surface area contributed by atoms with Gasteiger partial charge in [-0.1, -0.05) is 0 Å². The summed E-state index contributed by atoms with van der Waals surface area (Å²) in [6, 6.07) is 10.2. The van der Waals surface area contributed by atoms with E-state index in [1.165, 1.54) is 41.0 Å². The second-order valence-corrected chi connectivity index (χ2v) is 9.20. The van der Waals surface area contributed by atoms with Crippen molar-refractivity contribution in [2.24, 2.45) is 0 Å². The van der Waals surface area contributed by atoms with Crippen molar-refractivity contribution in [1.82, 2.24) is 4.57 Å². The van der Waals surface area contributed by atoms with E-state index in [1.54, 1.807) is 6.92 Å². The minimum absolute atomic E-state index is 0.0780. The summed E-state index contributed by atoms with van der Waals surface area (Å²) in [5, 5.41) is 12.1. The highest BCUT2D eigenvalue weighted by Gasteiger charge is 2.22. The average molecular weight is 482 g/mol. The zero-order chi connectivity index (χ0) is 24.3. The molecule has 0 bridgehead atoms. The van der Waals surface area contributed by atoms with E-state index in [4.69, 9.17) is 0 Å². The van der Waals surface area contributed by atoms with Crippen molar-refractivity contribution < 1.29 is 36.2 Å². The van der Waals surface area contributed by atoms with Crippen LogP contribution in [0.1, 0.15) is 21.7 Å². The molecule has 0 aliphatic carbocycles. The van der Waals surface area contributed by atoms with Gasteiger partial charge in [0.25, 0.3) is 5.91 Å². The highest BCUT2D eigenvalue weighted by molar-refractivity contribution is 7.90. The second-order valence-electron chi connectivity index (χ2n) is 7.18. The molecule has 0 aliphatic rings. The van der Waals surface area contributed by atoms with Crippen LogP contribution in [0.15, 0.2) is 53.4 Å². The number of hydrogen-bond acceptors (Lipinski definition) is 5. The minimum atomic E-state index is -3.39. The largest absolute Gasteiger partial charge is 0.432 e. The summed E-state index contributed by atoms with van der Waals surface area (Å²) < 4.78 is 68.5. The first-order chi connectivity index (χ1) is 15.5. The Kier molecular flexibility index (Phi) is 7.13. The standard InChI is InChI=1S/C22H21F3N2O5S/c1-13-18(21(29)26-15-4-6-17(7-5-15)33(2,30)31)12-16(9-10-28)27(13)19-8-3-14(23)11-20(19)32-22(24)25/h3-8,11-12,22,28H,9-10H2,1-2H3,(H,26,29). The third kappa shape index (κ3) is 5.55. The topological polar surface area (TPSA) is 97.6 Å². The molecule has 2 N–H and O–H groups in total. The van der Waals surface area contributed by atoms with Crippen molar-refractivity contribution in [2.75, 3.05) is 18.2 Å². The van der Waals surface area contributed by atoms with E-state index in [-0.39, 0.29) is 29.2 Å². The number of carbonyl (C=O) groups excluding carboxylic acids is 1. The Balaban J connectivity index is 2.01. The molecule has 11 heteroatoms. The molecule has 33 heavy (non-hydrogen) atoms. The summed E-state index contributed by atoms with van der Waals surface area (Å²) >= 11 is 0. The van der Waals surface area contributed by atoms with Crippen molar-refractivity contribution >= 4 is 21.4 Å². The maximum atomic E-state index is 13.7. The van der Waals surface area contributed by atoms with Gasteiger partial charge in [-0.15, -0.1) is 0 Å². The summed E-state index contributed by atoms with van der Waals surface area (Å²) in [6.45, 7) is -1.91. The summed E-state index contributed by atoms with van der Waals surface area (Å²) in [5.74, 6) is -1.75. The van der Waals surface area contributed by atoms with E-state index in [2.05, 4.69) is 10.1 Å². The summed E-state index contributed by atoms with van der Waals surface area (Å²) in [4.78, 5) is 13.0. The van der Waals surface area contributed by atoms with E-state index < -0.39 is 33.9 Å². The molecule has 7 nitrogen and oxygen atoms in total. The van der Waals surface area contributed by atoms with Crippen LogP contribution in [0.25, 0.3) is 5.69 Å². The van der Waals surface area contributed by atoms with E-state index in [1.807, 2.05) is 0 Å². The number of alkyl halides is 2. The van der Waals surface area contributed by atoms with Crippen LogP contribution in [0.3, 0.4) is 0 Å². The SMILES string of the molecule is Cc1c(C(=O)Nc2ccc(S(C)(=O)=O)cc2)cc(CCO)n1-c1ccc(F)cc1OC(F)F. The van der Waals surface area contributed by atoms with Gasteiger partial charge in [-0.25, -0.2) is 12.8 Å². The fourth-order valence-electron chi connectivity index (χ4n) is 3.38. The molecular weight excluding hydrogens is 461 g/mol. The number of aromatic nitrogens is 1. The lowest BCUT2D eigenvalue weighted by molar-refractivity contribution is -0.0500. The zero-order valence-electron chi connectivity index (χ0n) is 17.7. The van der Waals surface area contributed by atoms with Gasteiger partial charge in [0.2, 0.25) is 0 Å². The van der Waals surface area contributed by atoms with Crippen molar-refractivity contribution in [3.05, 3.63) is 71.3 Å². The molecule has 0 aliphatic heterocycles. The fraction of sp³-hybridized carbons (Fsp3) is 0.227. The normalized spacial score (nSPS) is 11.6. The molecule has 0 saturated heterocycles. The predicted octanol–water partition coefficient (Wildman–Crippen LogP) is 3.72. The molecule has 0 radical (unpaired) electrons. The van der Waals surface area contributed by atoms with E-state index in [0.29, 0.717) is 17.1 Å². The van der Waals surface area contributed by atoms with Crippen LogP contribution >= 0.6 is 0 Å². The molecule has 0 unspecified atom stereocenters. The number of aliphatic hydroxyl groups excluding tert-OH is 1. The van der Waals surface area contributed by atoms with Crippen LogP contribution in [-0.2, 0) is 16.3 Å². The predicted molar refractivity (Wildman–Crippen MR) is 115 cm³/mol. The Morgan fingerprint density at radius 2 is 1.82 bits per heavy atom. The molecule has 176 valence electrons. The van der Waals surface area contributed by atoms with Crippen LogP contribution in [0.4, 0.5) is 18.9 Å². The zero-order valence-corrected chi connectivity index (χ0v) is 18.5. The van der Waals surface area contributed by atoms with Crippen molar-refractivity contribution in [1.29, 1.82) is 0 Å². The quantitative estimate of drug-likeness (QED) is 0.510. The van der Waals surface area contributed by atoms with Crippen LogP contribution in [0, 0.1) is 12.7 Å². The number of rotatable bonds is 8. The molecule has 0 atom stereocenters. The Morgan fingerprint density at radius 3 is 2.39 bits per heavy atom. The first-order valence-electron chi connectivity index (χ1n) is 9.69. The number of nitrogens with one attached hydrogen (secondary N) is 1. The van der Waals surface area contributed by atoms with Crippen molar-refractivity contribution in [3.8, 4) is 11.4 Å². The van der Waals surface area contributed by atoms with Gasteiger partial charge in [-0.3, -0.25) is 4.79 Å². The summed E-state index contributed by atoms with van der Waals surface area (Å²) in [6.07, 6.45) is 1.15. The molecule has 3 aromatic rings. The average Bonchev–Trinajstić information content (AvgIpc) is 3.04. The molecule has 0 spiro atoms. The van der Waals surface area contributed by atoms with Crippen LogP contribution in [0.2, 0.25) is 0 Å². The number of ether oxygens (including phenoxy) is 1. The van der Waals surface area contributed by atoms with Gasteiger partial charge >= 0.3 is 6.61 Å². The third-order valence-corrected chi connectivity index (χ3v) is 5.98.